The van der Waals surface area contributed by atoms with E-state index in [9.17, 15) is 13.2 Å². The fraction of sp³-hybridized carbons (Fsp3) is 0.238. The van der Waals surface area contributed by atoms with E-state index in [0.717, 1.165) is 29.1 Å². The second-order valence-corrected chi connectivity index (χ2v) is 7.82. The largest absolute Gasteiger partial charge is 0.497 e. The van der Waals surface area contributed by atoms with Gasteiger partial charge in [-0.15, -0.1) is 0 Å². The van der Waals surface area contributed by atoms with Crippen molar-refractivity contribution in [3.63, 3.8) is 0 Å². The molecular formula is C21H18F3N3O2S. The molecule has 1 N–H and O–H groups in total. The smallest absolute Gasteiger partial charge is 0.471 e. The molecule has 1 aliphatic carbocycles. The Morgan fingerprint density at radius 1 is 1.07 bits per heavy atom. The summed E-state index contributed by atoms with van der Waals surface area (Å²) in [6.07, 6.45) is -2.61. The average Bonchev–Trinajstić information content (AvgIpc) is 3.23. The molecule has 0 atom stereocenters. The number of hydrogen-bond acceptors (Lipinski definition) is 6. The van der Waals surface area contributed by atoms with Crippen molar-refractivity contribution in [3.05, 3.63) is 70.6 Å². The molecule has 2 aromatic carbocycles. The summed E-state index contributed by atoms with van der Waals surface area (Å²) >= 11 is 1.74. The number of rotatable bonds is 7. The third kappa shape index (κ3) is 4.62. The normalized spacial score (nSPS) is 13.9. The van der Waals surface area contributed by atoms with Crippen LogP contribution in [0.1, 0.15) is 24.3 Å². The lowest BCUT2D eigenvalue weighted by atomic mass is 10.1. The van der Waals surface area contributed by atoms with E-state index in [4.69, 9.17) is 4.74 Å². The van der Waals surface area contributed by atoms with E-state index < -0.39 is 12.1 Å². The van der Waals surface area contributed by atoms with Crippen LogP contribution in [0.2, 0.25) is 0 Å². The molecule has 0 unspecified atom stereocenters. The number of nitrogens with zero attached hydrogens (tertiary/aromatic N) is 2. The van der Waals surface area contributed by atoms with Crippen LogP contribution in [0.4, 0.5) is 13.2 Å². The summed E-state index contributed by atoms with van der Waals surface area (Å²) in [5, 5.41) is 6.85. The van der Waals surface area contributed by atoms with Gasteiger partial charge in [0.05, 0.1) is 7.11 Å². The van der Waals surface area contributed by atoms with E-state index in [1.807, 2.05) is 36.4 Å². The highest BCUT2D eigenvalue weighted by Crippen LogP contribution is 2.40. The summed E-state index contributed by atoms with van der Waals surface area (Å²) in [7, 11) is 1.65. The zero-order valence-corrected chi connectivity index (χ0v) is 16.8. The first-order valence-electron chi connectivity index (χ1n) is 9.20. The number of nitrogens with one attached hydrogen (secondary N) is 1. The third-order valence-electron chi connectivity index (χ3n) is 4.63. The molecule has 0 radical (unpaired) electrons. The minimum Gasteiger partial charge on any atom is -0.497 e. The lowest BCUT2D eigenvalue weighted by Crippen LogP contribution is -2.19. The van der Waals surface area contributed by atoms with E-state index in [2.05, 4.69) is 20.0 Å². The van der Waals surface area contributed by atoms with Crippen LogP contribution in [-0.4, -0.2) is 17.3 Å². The van der Waals surface area contributed by atoms with Gasteiger partial charge in [0.25, 0.3) is 0 Å². The SMILES string of the molecule is COc1ccc(SC2=C(NCc3ccc(-c4noc(C(F)(F)F)n4)cc3)CC2)cc1. The molecule has 0 spiro atoms. The zero-order chi connectivity index (χ0) is 21.1. The topological polar surface area (TPSA) is 60.2 Å². The van der Waals surface area contributed by atoms with Crippen LogP contribution >= 0.6 is 11.8 Å². The van der Waals surface area contributed by atoms with Gasteiger partial charge in [0, 0.05) is 27.6 Å². The van der Waals surface area contributed by atoms with Crippen molar-refractivity contribution in [2.24, 2.45) is 0 Å². The lowest BCUT2D eigenvalue weighted by Gasteiger charge is -2.24. The molecule has 0 aliphatic heterocycles. The second kappa shape index (κ2) is 8.43. The summed E-state index contributed by atoms with van der Waals surface area (Å²) in [4.78, 5) is 5.87. The predicted molar refractivity (Wildman–Crippen MR) is 107 cm³/mol. The van der Waals surface area contributed by atoms with Crippen molar-refractivity contribution in [2.45, 2.75) is 30.5 Å². The number of methoxy groups -OCH3 is 1. The van der Waals surface area contributed by atoms with Crippen molar-refractivity contribution < 1.29 is 22.4 Å². The van der Waals surface area contributed by atoms with Crippen molar-refractivity contribution in [2.75, 3.05) is 7.11 Å². The van der Waals surface area contributed by atoms with Gasteiger partial charge >= 0.3 is 12.1 Å². The van der Waals surface area contributed by atoms with Gasteiger partial charge in [-0.25, -0.2) is 0 Å². The first-order chi connectivity index (χ1) is 14.4. The van der Waals surface area contributed by atoms with Crippen molar-refractivity contribution in [3.8, 4) is 17.1 Å². The quantitative estimate of drug-likeness (QED) is 0.520. The molecule has 0 saturated carbocycles. The van der Waals surface area contributed by atoms with Crippen LogP contribution in [0, 0.1) is 0 Å². The van der Waals surface area contributed by atoms with Gasteiger partial charge in [-0.05, 0) is 42.7 Å². The van der Waals surface area contributed by atoms with Gasteiger partial charge in [-0.2, -0.15) is 18.2 Å². The predicted octanol–water partition coefficient (Wildman–Crippen LogP) is 5.65. The van der Waals surface area contributed by atoms with Crippen LogP contribution in [0.15, 0.2) is 68.6 Å². The maximum Gasteiger partial charge on any atom is 0.471 e. The number of hydrogen-bond donors (Lipinski definition) is 1. The monoisotopic (exact) mass is 433 g/mol. The molecule has 3 aromatic rings. The van der Waals surface area contributed by atoms with Crippen LogP contribution in [0.25, 0.3) is 11.4 Å². The second-order valence-electron chi connectivity index (χ2n) is 6.65. The molecule has 0 amide bonds. The molecule has 4 rings (SSSR count). The molecule has 0 fully saturated rings. The molecule has 9 heteroatoms. The summed E-state index contributed by atoms with van der Waals surface area (Å²) in [5.41, 5.74) is 2.69. The fourth-order valence-corrected chi connectivity index (χ4v) is 3.93. The number of alkyl halides is 3. The van der Waals surface area contributed by atoms with Crippen molar-refractivity contribution in [1.82, 2.24) is 15.5 Å². The van der Waals surface area contributed by atoms with Crippen molar-refractivity contribution in [1.29, 1.82) is 0 Å². The Morgan fingerprint density at radius 2 is 1.80 bits per heavy atom. The molecule has 1 aliphatic rings. The van der Waals surface area contributed by atoms with E-state index >= 15 is 0 Å². The Hall–Kier alpha value is -2.94. The van der Waals surface area contributed by atoms with Crippen LogP contribution in [-0.2, 0) is 12.7 Å². The Bertz CT molecular complexity index is 1040. The number of halogens is 3. The van der Waals surface area contributed by atoms with Gasteiger partial charge < -0.3 is 14.6 Å². The standard InChI is InChI=1S/C21H18F3N3O2S/c1-28-15-6-8-16(9-7-15)30-18-11-10-17(18)25-12-13-2-4-14(5-3-13)19-26-20(29-27-19)21(22,23)24/h2-9,25H,10-12H2,1H3. The molecule has 0 bridgehead atoms. The summed E-state index contributed by atoms with van der Waals surface area (Å²) < 4.78 is 47.2. The van der Waals surface area contributed by atoms with Gasteiger partial charge in [-0.1, -0.05) is 41.2 Å². The summed E-state index contributed by atoms with van der Waals surface area (Å²) in [6, 6.07) is 15.0. The molecule has 156 valence electrons. The van der Waals surface area contributed by atoms with Gasteiger partial charge in [0.2, 0.25) is 5.82 Å². The molecule has 0 saturated heterocycles. The number of thioether (sulfide) groups is 1. The zero-order valence-electron chi connectivity index (χ0n) is 16.0. The fourth-order valence-electron chi connectivity index (χ4n) is 2.87. The van der Waals surface area contributed by atoms with Gasteiger partial charge in [0.15, 0.2) is 0 Å². The van der Waals surface area contributed by atoms with Gasteiger partial charge in [0.1, 0.15) is 5.75 Å². The molecule has 1 heterocycles. The highest BCUT2D eigenvalue weighted by atomic mass is 32.2. The van der Waals surface area contributed by atoms with E-state index in [0.29, 0.717) is 12.1 Å². The summed E-state index contributed by atoms with van der Waals surface area (Å²) in [6.45, 7) is 0.627. The first-order valence-corrected chi connectivity index (χ1v) is 10.0. The Morgan fingerprint density at radius 3 is 2.37 bits per heavy atom. The minimum atomic E-state index is -4.65. The average molecular weight is 433 g/mol. The van der Waals surface area contributed by atoms with Crippen molar-refractivity contribution >= 4 is 11.8 Å². The van der Waals surface area contributed by atoms with Crippen LogP contribution < -0.4 is 10.1 Å². The number of aromatic nitrogens is 2. The highest BCUT2D eigenvalue weighted by Gasteiger charge is 2.38. The number of benzene rings is 2. The molecule has 30 heavy (non-hydrogen) atoms. The van der Waals surface area contributed by atoms with Crippen LogP contribution in [0.5, 0.6) is 5.75 Å². The Labute approximate surface area is 175 Å². The molecule has 1 aromatic heterocycles. The minimum absolute atomic E-state index is 0.0817. The third-order valence-corrected chi connectivity index (χ3v) is 5.83. The molecular weight excluding hydrogens is 415 g/mol. The Kier molecular flexibility index (Phi) is 5.72. The number of allylic oxidation sites excluding steroid dienone is 2. The first kappa shape index (κ1) is 20.3. The maximum atomic E-state index is 12.6. The van der Waals surface area contributed by atoms with E-state index in [1.54, 1.807) is 31.0 Å². The van der Waals surface area contributed by atoms with Gasteiger partial charge in [-0.3, -0.25) is 0 Å². The lowest BCUT2D eigenvalue weighted by molar-refractivity contribution is -0.159. The maximum absolute atomic E-state index is 12.6. The number of ether oxygens (including phenoxy) is 1. The van der Waals surface area contributed by atoms with Crippen LogP contribution in [0.3, 0.4) is 0 Å². The van der Waals surface area contributed by atoms with E-state index in [1.165, 1.54) is 10.6 Å². The Balaban J connectivity index is 1.35. The highest BCUT2D eigenvalue weighted by molar-refractivity contribution is 8.03. The van der Waals surface area contributed by atoms with E-state index in [-0.39, 0.29) is 5.82 Å². The summed E-state index contributed by atoms with van der Waals surface area (Å²) in [5.74, 6) is -0.594. The molecule has 5 nitrogen and oxygen atoms in total.